The third-order valence-corrected chi connectivity index (χ3v) is 3.90. The summed E-state index contributed by atoms with van der Waals surface area (Å²) in [6, 6.07) is 9.12. The molecule has 2 nitrogen and oxygen atoms in total. The van der Waals surface area contributed by atoms with Gasteiger partial charge in [0.25, 0.3) is 0 Å². The van der Waals surface area contributed by atoms with Gasteiger partial charge >= 0.3 is 0 Å². The van der Waals surface area contributed by atoms with Gasteiger partial charge in [0, 0.05) is 15.1 Å². The van der Waals surface area contributed by atoms with Crippen molar-refractivity contribution >= 4 is 34.8 Å². The summed E-state index contributed by atoms with van der Waals surface area (Å²) >= 11 is 18.1. The van der Waals surface area contributed by atoms with Crippen LogP contribution in [0.3, 0.4) is 0 Å². The molecule has 0 amide bonds. The highest BCUT2D eigenvalue weighted by Gasteiger charge is 2.16. The Kier molecular flexibility index (Phi) is 5.24. The van der Waals surface area contributed by atoms with E-state index in [-0.39, 0.29) is 11.9 Å². The lowest BCUT2D eigenvalue weighted by molar-refractivity contribution is 0.551. The van der Waals surface area contributed by atoms with Gasteiger partial charge in [0.2, 0.25) is 0 Å². The van der Waals surface area contributed by atoms with Crippen molar-refractivity contribution in [2.24, 2.45) is 5.84 Å². The van der Waals surface area contributed by atoms with Crippen LogP contribution in [0.15, 0.2) is 36.4 Å². The number of nitrogens with one attached hydrogen (secondary N) is 1. The van der Waals surface area contributed by atoms with Crippen LogP contribution < -0.4 is 11.3 Å². The smallest absolute Gasteiger partial charge is 0.124 e. The Labute approximate surface area is 131 Å². The van der Waals surface area contributed by atoms with Crippen LogP contribution >= 0.6 is 34.8 Å². The maximum Gasteiger partial charge on any atom is 0.124 e. The lowest BCUT2D eigenvalue weighted by Crippen LogP contribution is -2.30. The fourth-order valence-electron chi connectivity index (χ4n) is 1.95. The van der Waals surface area contributed by atoms with Crippen molar-refractivity contribution in [3.05, 3.63) is 68.4 Å². The normalized spacial score (nSPS) is 12.4. The minimum absolute atomic E-state index is 0.274. The predicted octanol–water partition coefficient (Wildman–Crippen LogP) is 4.53. The molecule has 0 bridgehead atoms. The van der Waals surface area contributed by atoms with Crippen LogP contribution in [-0.4, -0.2) is 0 Å². The van der Waals surface area contributed by atoms with Gasteiger partial charge in [-0.1, -0.05) is 40.9 Å². The Morgan fingerprint density at radius 3 is 2.45 bits per heavy atom. The first-order valence-corrected chi connectivity index (χ1v) is 6.99. The summed E-state index contributed by atoms with van der Waals surface area (Å²) in [5.41, 5.74) is 4.22. The van der Waals surface area contributed by atoms with Crippen LogP contribution in [0.5, 0.6) is 0 Å². The first-order chi connectivity index (χ1) is 9.51. The van der Waals surface area contributed by atoms with Gasteiger partial charge in [0.1, 0.15) is 5.82 Å². The van der Waals surface area contributed by atoms with Crippen LogP contribution in [-0.2, 0) is 6.42 Å². The van der Waals surface area contributed by atoms with Crippen LogP contribution in [0.2, 0.25) is 15.1 Å². The second kappa shape index (κ2) is 6.74. The number of halogens is 4. The lowest BCUT2D eigenvalue weighted by atomic mass is 9.99. The average Bonchev–Trinajstić information content (AvgIpc) is 2.41. The van der Waals surface area contributed by atoms with Gasteiger partial charge in [0.05, 0.1) is 6.04 Å². The summed E-state index contributed by atoms with van der Waals surface area (Å²) in [5.74, 6) is 5.20. The molecule has 0 saturated heterocycles. The molecule has 0 aliphatic rings. The third-order valence-electron chi connectivity index (χ3n) is 2.97. The van der Waals surface area contributed by atoms with Gasteiger partial charge < -0.3 is 0 Å². The second-order valence-electron chi connectivity index (χ2n) is 4.32. The molecular weight excluding hydrogens is 322 g/mol. The Morgan fingerprint density at radius 2 is 1.80 bits per heavy atom. The summed E-state index contributed by atoms with van der Waals surface area (Å²) in [5, 5.41) is 1.47. The molecule has 0 spiro atoms. The number of rotatable bonds is 4. The van der Waals surface area contributed by atoms with Crippen molar-refractivity contribution in [2.75, 3.05) is 0 Å². The molecule has 106 valence electrons. The highest BCUT2D eigenvalue weighted by Crippen LogP contribution is 2.30. The van der Waals surface area contributed by atoms with Crippen molar-refractivity contribution in [1.82, 2.24) is 5.43 Å². The molecule has 0 aliphatic heterocycles. The zero-order valence-corrected chi connectivity index (χ0v) is 12.6. The molecule has 1 unspecified atom stereocenters. The topological polar surface area (TPSA) is 38.0 Å². The van der Waals surface area contributed by atoms with Crippen molar-refractivity contribution in [2.45, 2.75) is 12.5 Å². The molecule has 2 rings (SSSR count). The summed E-state index contributed by atoms with van der Waals surface area (Å²) in [4.78, 5) is 0. The van der Waals surface area contributed by atoms with Gasteiger partial charge in [-0.2, -0.15) is 0 Å². The van der Waals surface area contributed by atoms with Gasteiger partial charge in [0.15, 0.2) is 0 Å². The molecule has 2 aromatic rings. The summed E-state index contributed by atoms with van der Waals surface area (Å²) < 4.78 is 13.0. The summed E-state index contributed by atoms with van der Waals surface area (Å²) in [6.45, 7) is 0. The Balaban J connectivity index is 2.31. The Hall–Kier alpha value is -0.840. The van der Waals surface area contributed by atoms with Crippen LogP contribution in [0.4, 0.5) is 4.39 Å². The second-order valence-corrected chi connectivity index (χ2v) is 5.58. The van der Waals surface area contributed by atoms with Gasteiger partial charge in [-0.05, 0) is 47.9 Å². The van der Waals surface area contributed by atoms with Crippen molar-refractivity contribution < 1.29 is 4.39 Å². The van der Waals surface area contributed by atoms with E-state index in [0.717, 1.165) is 11.1 Å². The SMILES string of the molecule is NNC(Cc1ccc(F)cc1Cl)c1cc(Cl)ccc1Cl. The van der Waals surface area contributed by atoms with E-state index in [1.54, 1.807) is 24.3 Å². The van der Waals surface area contributed by atoms with Crippen molar-refractivity contribution in [3.8, 4) is 0 Å². The standard InChI is InChI=1S/C14H12Cl3FN2/c15-9-2-4-12(16)11(6-9)14(20-19)5-8-1-3-10(18)7-13(8)17/h1-4,6-7,14,20H,5,19H2. The fourth-order valence-corrected chi connectivity index (χ4v) is 2.62. The van der Waals surface area contributed by atoms with Crippen molar-refractivity contribution in [3.63, 3.8) is 0 Å². The molecule has 0 aliphatic carbocycles. The molecule has 0 fully saturated rings. The summed E-state index contributed by atoms with van der Waals surface area (Å²) in [7, 11) is 0. The van der Waals surface area contributed by atoms with E-state index in [1.165, 1.54) is 12.1 Å². The molecule has 0 saturated carbocycles. The van der Waals surface area contributed by atoms with E-state index in [2.05, 4.69) is 5.43 Å². The highest BCUT2D eigenvalue weighted by molar-refractivity contribution is 6.33. The van der Waals surface area contributed by atoms with Gasteiger partial charge in [-0.3, -0.25) is 11.3 Å². The monoisotopic (exact) mass is 332 g/mol. The molecule has 0 heterocycles. The predicted molar refractivity (Wildman–Crippen MR) is 81.6 cm³/mol. The molecule has 1 atom stereocenters. The van der Waals surface area contributed by atoms with Crippen LogP contribution in [0, 0.1) is 5.82 Å². The number of benzene rings is 2. The molecule has 6 heteroatoms. The van der Waals surface area contributed by atoms with E-state index in [9.17, 15) is 4.39 Å². The maximum atomic E-state index is 13.0. The van der Waals surface area contributed by atoms with Gasteiger partial charge in [-0.25, -0.2) is 4.39 Å². The van der Waals surface area contributed by atoms with E-state index in [0.29, 0.717) is 21.5 Å². The van der Waals surface area contributed by atoms with Crippen molar-refractivity contribution in [1.29, 1.82) is 0 Å². The Morgan fingerprint density at radius 1 is 1.05 bits per heavy atom. The number of hydrogen-bond acceptors (Lipinski definition) is 2. The molecule has 2 aromatic carbocycles. The molecular formula is C14H12Cl3FN2. The number of hydrazine groups is 1. The zero-order chi connectivity index (χ0) is 14.7. The molecule has 0 radical (unpaired) electrons. The average molecular weight is 334 g/mol. The molecule has 0 aromatic heterocycles. The quantitative estimate of drug-likeness (QED) is 0.637. The molecule has 20 heavy (non-hydrogen) atoms. The number of hydrogen-bond donors (Lipinski definition) is 2. The van der Waals surface area contributed by atoms with Crippen LogP contribution in [0.25, 0.3) is 0 Å². The first kappa shape index (κ1) is 15.5. The number of nitrogens with two attached hydrogens (primary N) is 1. The van der Waals surface area contributed by atoms with E-state index in [1.807, 2.05) is 0 Å². The fraction of sp³-hybridized carbons (Fsp3) is 0.143. The minimum Gasteiger partial charge on any atom is -0.271 e. The minimum atomic E-state index is -0.378. The van der Waals surface area contributed by atoms with Gasteiger partial charge in [-0.15, -0.1) is 0 Å². The largest absolute Gasteiger partial charge is 0.271 e. The lowest BCUT2D eigenvalue weighted by Gasteiger charge is -2.19. The van der Waals surface area contributed by atoms with E-state index < -0.39 is 0 Å². The Bertz CT molecular complexity index is 619. The van der Waals surface area contributed by atoms with E-state index >= 15 is 0 Å². The molecule has 3 N–H and O–H groups in total. The van der Waals surface area contributed by atoms with Crippen LogP contribution in [0.1, 0.15) is 17.2 Å². The zero-order valence-electron chi connectivity index (χ0n) is 10.3. The first-order valence-electron chi connectivity index (χ1n) is 5.86. The third kappa shape index (κ3) is 3.62. The highest BCUT2D eigenvalue weighted by atomic mass is 35.5. The van der Waals surface area contributed by atoms with E-state index in [4.69, 9.17) is 40.6 Å². The summed E-state index contributed by atoms with van der Waals surface area (Å²) in [6.07, 6.45) is 0.468. The maximum absolute atomic E-state index is 13.0.